The number of likely N-dealkylation sites (N-methyl/N-ethyl adjacent to an activating group) is 1. The monoisotopic (exact) mass is 247 g/mol. The Labute approximate surface area is 104 Å². The first-order valence-electron chi connectivity index (χ1n) is 5.96. The van der Waals surface area contributed by atoms with Crippen molar-refractivity contribution in [1.82, 2.24) is 4.90 Å². The summed E-state index contributed by atoms with van der Waals surface area (Å²) in [5.41, 5.74) is 0. The van der Waals surface area contributed by atoms with Crippen molar-refractivity contribution in [3.8, 4) is 0 Å². The first-order chi connectivity index (χ1) is 7.61. The quantitative estimate of drug-likeness (QED) is 0.462. The Morgan fingerprint density at radius 3 is 2.75 bits per heavy atom. The van der Waals surface area contributed by atoms with Crippen LogP contribution in [0, 0.1) is 0 Å². The smallest absolute Gasteiger partial charge is 0.320 e. The van der Waals surface area contributed by atoms with Gasteiger partial charge in [-0.1, -0.05) is 13.3 Å². The Bertz CT molecular complexity index is 188. The average molecular weight is 247 g/mol. The molecule has 0 aromatic carbocycles. The first-order valence-corrected chi connectivity index (χ1v) is 7.36. The standard InChI is InChI=1S/C12H25NO2S/c1-5-6-8-15-12(14)10-13(3)11(2)7-9-16-4/h11H,5-10H2,1-4H3. The molecule has 0 radical (unpaired) electrons. The van der Waals surface area contributed by atoms with E-state index in [0.717, 1.165) is 25.0 Å². The highest BCUT2D eigenvalue weighted by Gasteiger charge is 2.13. The molecule has 0 aliphatic carbocycles. The van der Waals surface area contributed by atoms with E-state index in [4.69, 9.17) is 4.74 Å². The lowest BCUT2D eigenvalue weighted by Crippen LogP contribution is -2.35. The Morgan fingerprint density at radius 1 is 1.50 bits per heavy atom. The molecule has 0 rings (SSSR count). The lowest BCUT2D eigenvalue weighted by Gasteiger charge is -2.23. The van der Waals surface area contributed by atoms with Crippen LogP contribution in [0.4, 0.5) is 0 Å². The van der Waals surface area contributed by atoms with Crippen LogP contribution in [0.5, 0.6) is 0 Å². The fraction of sp³-hybridized carbons (Fsp3) is 0.917. The Kier molecular flexibility index (Phi) is 9.83. The maximum atomic E-state index is 11.4. The van der Waals surface area contributed by atoms with Gasteiger partial charge in [-0.25, -0.2) is 0 Å². The molecule has 96 valence electrons. The van der Waals surface area contributed by atoms with Crippen LogP contribution < -0.4 is 0 Å². The number of rotatable bonds is 9. The molecule has 1 atom stereocenters. The molecule has 1 unspecified atom stereocenters. The van der Waals surface area contributed by atoms with Crippen molar-refractivity contribution in [1.29, 1.82) is 0 Å². The molecule has 3 nitrogen and oxygen atoms in total. The summed E-state index contributed by atoms with van der Waals surface area (Å²) in [6.07, 6.45) is 5.23. The maximum Gasteiger partial charge on any atom is 0.320 e. The molecule has 0 aliphatic rings. The Morgan fingerprint density at radius 2 is 2.19 bits per heavy atom. The second kappa shape index (κ2) is 9.97. The molecule has 0 aliphatic heterocycles. The van der Waals surface area contributed by atoms with E-state index < -0.39 is 0 Å². The number of carbonyl (C=O) groups excluding carboxylic acids is 1. The van der Waals surface area contributed by atoms with E-state index in [2.05, 4.69) is 25.0 Å². The molecule has 0 bridgehead atoms. The minimum Gasteiger partial charge on any atom is -0.465 e. The third kappa shape index (κ3) is 7.99. The van der Waals surface area contributed by atoms with Gasteiger partial charge >= 0.3 is 5.97 Å². The molecule has 0 aromatic heterocycles. The Hall–Kier alpha value is -0.220. The predicted molar refractivity (Wildman–Crippen MR) is 71.0 cm³/mol. The highest BCUT2D eigenvalue weighted by molar-refractivity contribution is 7.98. The second-order valence-corrected chi connectivity index (χ2v) is 5.11. The number of hydrogen-bond acceptors (Lipinski definition) is 4. The fourth-order valence-electron chi connectivity index (χ4n) is 1.24. The second-order valence-electron chi connectivity index (χ2n) is 4.12. The van der Waals surface area contributed by atoms with Crippen molar-refractivity contribution < 1.29 is 9.53 Å². The summed E-state index contributed by atoms with van der Waals surface area (Å²) in [7, 11) is 1.98. The predicted octanol–water partition coefficient (Wildman–Crippen LogP) is 2.40. The van der Waals surface area contributed by atoms with Crippen LogP contribution in [0.3, 0.4) is 0 Å². The third-order valence-corrected chi connectivity index (χ3v) is 3.28. The largest absolute Gasteiger partial charge is 0.465 e. The normalized spacial score (nSPS) is 12.8. The van der Waals surface area contributed by atoms with Crippen LogP contribution in [0.15, 0.2) is 0 Å². The summed E-state index contributed by atoms with van der Waals surface area (Å²) in [6, 6.07) is 0.436. The molecule has 0 saturated heterocycles. The highest BCUT2D eigenvalue weighted by atomic mass is 32.2. The van der Waals surface area contributed by atoms with Gasteiger partial charge in [0.25, 0.3) is 0 Å². The van der Waals surface area contributed by atoms with Gasteiger partial charge in [-0.2, -0.15) is 11.8 Å². The van der Waals surface area contributed by atoms with Crippen LogP contribution in [0.1, 0.15) is 33.1 Å². The van der Waals surface area contributed by atoms with Crippen molar-refractivity contribution in [2.45, 2.75) is 39.2 Å². The van der Waals surface area contributed by atoms with Gasteiger partial charge in [-0.05, 0) is 38.8 Å². The van der Waals surface area contributed by atoms with Crippen LogP contribution in [0.25, 0.3) is 0 Å². The van der Waals surface area contributed by atoms with Crippen molar-refractivity contribution in [3.05, 3.63) is 0 Å². The Balaban J connectivity index is 3.67. The summed E-state index contributed by atoms with van der Waals surface area (Å²) in [5, 5.41) is 0. The molecule has 16 heavy (non-hydrogen) atoms. The van der Waals surface area contributed by atoms with Crippen molar-refractivity contribution in [2.75, 3.05) is 32.2 Å². The highest BCUT2D eigenvalue weighted by Crippen LogP contribution is 2.05. The number of hydrogen-bond donors (Lipinski definition) is 0. The van der Waals surface area contributed by atoms with Gasteiger partial charge in [-0.15, -0.1) is 0 Å². The fourth-order valence-corrected chi connectivity index (χ4v) is 1.82. The number of esters is 1. The summed E-state index contributed by atoms with van der Waals surface area (Å²) in [4.78, 5) is 13.5. The minimum absolute atomic E-state index is 0.105. The number of ether oxygens (including phenoxy) is 1. The van der Waals surface area contributed by atoms with Crippen LogP contribution in [-0.4, -0.2) is 49.1 Å². The molecule has 0 heterocycles. The molecular weight excluding hydrogens is 222 g/mol. The van der Waals surface area contributed by atoms with Crippen LogP contribution in [-0.2, 0) is 9.53 Å². The van der Waals surface area contributed by atoms with Crippen molar-refractivity contribution >= 4 is 17.7 Å². The molecule has 0 spiro atoms. The first kappa shape index (κ1) is 15.8. The van der Waals surface area contributed by atoms with E-state index >= 15 is 0 Å². The van der Waals surface area contributed by atoms with Crippen LogP contribution in [0.2, 0.25) is 0 Å². The average Bonchev–Trinajstić information content (AvgIpc) is 2.26. The van der Waals surface area contributed by atoms with Gasteiger partial charge in [0, 0.05) is 6.04 Å². The molecule has 0 saturated carbocycles. The van der Waals surface area contributed by atoms with E-state index in [-0.39, 0.29) is 5.97 Å². The van der Waals surface area contributed by atoms with Crippen LogP contribution >= 0.6 is 11.8 Å². The van der Waals surface area contributed by atoms with E-state index in [1.807, 2.05) is 18.8 Å². The molecule has 0 amide bonds. The number of nitrogens with zero attached hydrogens (tertiary/aromatic N) is 1. The number of unbranched alkanes of at least 4 members (excludes halogenated alkanes) is 1. The van der Waals surface area contributed by atoms with Gasteiger partial charge in [-0.3, -0.25) is 9.69 Å². The van der Waals surface area contributed by atoms with Gasteiger partial charge in [0.1, 0.15) is 0 Å². The lowest BCUT2D eigenvalue weighted by molar-refractivity contribution is -0.145. The van der Waals surface area contributed by atoms with Crippen molar-refractivity contribution in [3.63, 3.8) is 0 Å². The van der Waals surface area contributed by atoms with E-state index in [9.17, 15) is 4.79 Å². The van der Waals surface area contributed by atoms with Gasteiger partial charge in [0.15, 0.2) is 0 Å². The van der Waals surface area contributed by atoms with Gasteiger partial charge in [0.2, 0.25) is 0 Å². The van der Waals surface area contributed by atoms with E-state index in [0.29, 0.717) is 19.2 Å². The number of carbonyl (C=O) groups is 1. The summed E-state index contributed by atoms with van der Waals surface area (Å²) in [5.74, 6) is 1.03. The molecular formula is C12H25NO2S. The lowest BCUT2D eigenvalue weighted by atomic mass is 10.2. The summed E-state index contributed by atoms with van der Waals surface area (Å²) < 4.78 is 5.12. The zero-order valence-electron chi connectivity index (χ0n) is 11.0. The zero-order valence-corrected chi connectivity index (χ0v) is 11.8. The maximum absolute atomic E-state index is 11.4. The van der Waals surface area contributed by atoms with E-state index in [1.165, 1.54) is 0 Å². The topological polar surface area (TPSA) is 29.5 Å². The number of thioether (sulfide) groups is 1. The van der Waals surface area contributed by atoms with Crippen molar-refractivity contribution in [2.24, 2.45) is 0 Å². The SMILES string of the molecule is CCCCOC(=O)CN(C)C(C)CCSC. The summed E-state index contributed by atoms with van der Waals surface area (Å²) >= 11 is 1.84. The molecule has 0 N–H and O–H groups in total. The third-order valence-electron chi connectivity index (χ3n) is 2.63. The van der Waals surface area contributed by atoms with E-state index in [1.54, 1.807) is 0 Å². The minimum atomic E-state index is -0.105. The molecule has 0 aromatic rings. The summed E-state index contributed by atoms with van der Waals surface area (Å²) in [6.45, 7) is 5.20. The van der Waals surface area contributed by atoms with Gasteiger partial charge < -0.3 is 4.74 Å². The van der Waals surface area contributed by atoms with Gasteiger partial charge in [0.05, 0.1) is 13.2 Å². The molecule has 4 heteroatoms. The molecule has 0 fully saturated rings. The zero-order chi connectivity index (χ0) is 12.4.